The number of hydrogen-bond acceptors (Lipinski definition) is 5. The number of nitrogens with two attached hydrogens (primary N) is 1. The highest BCUT2D eigenvalue weighted by Gasteiger charge is 2.13. The van der Waals surface area contributed by atoms with E-state index in [1.807, 2.05) is 5.32 Å². The monoisotopic (exact) mass is 352 g/mol. The number of allylic oxidation sites excluding steroid dienone is 1. The van der Waals surface area contributed by atoms with Crippen LogP contribution in [0.25, 0.3) is 10.9 Å². The molecule has 1 aromatic carbocycles. The largest absolute Gasteiger partial charge is 0.351 e. The Morgan fingerprint density at radius 3 is 2.87 bits per heavy atom. The van der Waals surface area contributed by atoms with Crippen LogP contribution in [-0.2, 0) is 11.3 Å². The average Bonchev–Trinajstić information content (AvgIpc) is 2.47. The van der Waals surface area contributed by atoms with Crippen molar-refractivity contribution in [2.75, 3.05) is 5.75 Å². The molecule has 0 radical (unpaired) electrons. The van der Waals surface area contributed by atoms with Gasteiger partial charge < -0.3 is 5.73 Å². The quantitative estimate of drug-likeness (QED) is 0.482. The third kappa shape index (κ3) is 4.11. The third-order valence-electron chi connectivity index (χ3n) is 2.79. The molecule has 0 aliphatic carbocycles. The maximum atomic E-state index is 12.5. The van der Waals surface area contributed by atoms with Crippen LogP contribution in [0.3, 0.4) is 0 Å². The lowest BCUT2D eigenvalue weighted by Gasteiger charge is -2.11. The Labute approximate surface area is 140 Å². The number of primary amides is 1. The van der Waals surface area contributed by atoms with Gasteiger partial charge in [0.2, 0.25) is 5.91 Å². The minimum atomic E-state index is -0.933. The van der Waals surface area contributed by atoms with Gasteiger partial charge in [0.1, 0.15) is 0 Å². The van der Waals surface area contributed by atoms with E-state index in [-0.39, 0.29) is 17.9 Å². The molecular weight excluding hydrogens is 340 g/mol. The Kier molecular flexibility index (Phi) is 5.41. The highest BCUT2D eigenvalue weighted by Crippen LogP contribution is 2.20. The normalized spacial score (nSPS) is 10.5. The molecule has 3 amide bonds. The van der Waals surface area contributed by atoms with Gasteiger partial charge in [-0.25, -0.2) is 9.78 Å². The summed E-state index contributed by atoms with van der Waals surface area (Å²) in [6.07, 6.45) is 1.55. The first-order chi connectivity index (χ1) is 10.9. The fourth-order valence-electron chi connectivity index (χ4n) is 1.88. The SMILES string of the molecule is C=CCn1c(SCC(=O)NC(N)=O)nc2cc(Cl)ccc2c1=O. The number of aromatic nitrogens is 2. The Morgan fingerprint density at radius 1 is 1.48 bits per heavy atom. The van der Waals surface area contributed by atoms with Gasteiger partial charge in [0.15, 0.2) is 5.16 Å². The lowest BCUT2D eigenvalue weighted by molar-refractivity contribution is -0.117. The molecule has 0 fully saturated rings. The molecule has 2 aromatic rings. The standard InChI is InChI=1S/C14H13ClN4O3S/c1-2-5-19-12(21)9-4-3-8(15)6-10(9)17-14(19)23-7-11(20)18-13(16)22/h2-4,6H,1,5,7H2,(H3,16,18,20,22). The van der Waals surface area contributed by atoms with Crippen molar-refractivity contribution in [2.24, 2.45) is 5.73 Å². The van der Waals surface area contributed by atoms with Gasteiger partial charge >= 0.3 is 6.03 Å². The first-order valence-electron chi connectivity index (χ1n) is 6.45. The molecule has 0 aliphatic heterocycles. The fraction of sp³-hybridized carbons (Fsp3) is 0.143. The first-order valence-corrected chi connectivity index (χ1v) is 7.82. The molecule has 0 aliphatic rings. The number of carbonyl (C=O) groups excluding carboxylic acids is 2. The van der Waals surface area contributed by atoms with Crippen molar-refractivity contribution >= 4 is 46.2 Å². The van der Waals surface area contributed by atoms with E-state index in [1.54, 1.807) is 24.3 Å². The van der Waals surface area contributed by atoms with Crippen LogP contribution < -0.4 is 16.6 Å². The van der Waals surface area contributed by atoms with Crippen LogP contribution >= 0.6 is 23.4 Å². The molecule has 3 N–H and O–H groups in total. The van der Waals surface area contributed by atoms with Gasteiger partial charge in [0, 0.05) is 11.6 Å². The number of hydrogen-bond donors (Lipinski definition) is 2. The number of nitrogens with one attached hydrogen (secondary N) is 1. The molecule has 23 heavy (non-hydrogen) atoms. The number of rotatable bonds is 5. The first kappa shape index (κ1) is 17.0. The molecule has 0 unspecified atom stereocenters. The van der Waals surface area contributed by atoms with Crippen molar-refractivity contribution in [1.82, 2.24) is 14.9 Å². The van der Waals surface area contributed by atoms with Gasteiger partial charge in [-0.3, -0.25) is 19.5 Å². The summed E-state index contributed by atoms with van der Waals surface area (Å²) in [7, 11) is 0. The van der Waals surface area contributed by atoms with Crippen LogP contribution in [-0.4, -0.2) is 27.2 Å². The van der Waals surface area contributed by atoms with Crippen molar-refractivity contribution in [1.29, 1.82) is 0 Å². The van der Waals surface area contributed by atoms with Gasteiger partial charge in [-0.2, -0.15) is 0 Å². The second kappa shape index (κ2) is 7.30. The number of fused-ring (bicyclic) bond motifs is 1. The summed E-state index contributed by atoms with van der Waals surface area (Å²) >= 11 is 6.93. The zero-order valence-corrected chi connectivity index (χ0v) is 13.5. The van der Waals surface area contributed by atoms with Gasteiger partial charge in [-0.1, -0.05) is 29.4 Å². The van der Waals surface area contributed by atoms with E-state index in [9.17, 15) is 14.4 Å². The second-order valence-corrected chi connectivity index (χ2v) is 5.84. The smallest absolute Gasteiger partial charge is 0.318 e. The summed E-state index contributed by atoms with van der Waals surface area (Å²) in [6, 6.07) is 3.85. The number of nitrogens with zero attached hydrogens (tertiary/aromatic N) is 2. The summed E-state index contributed by atoms with van der Waals surface area (Å²) in [6.45, 7) is 3.85. The van der Waals surface area contributed by atoms with Gasteiger partial charge in [0.25, 0.3) is 5.56 Å². The molecule has 0 saturated carbocycles. The fourth-order valence-corrected chi connectivity index (χ4v) is 2.85. The average molecular weight is 353 g/mol. The highest BCUT2D eigenvalue weighted by molar-refractivity contribution is 7.99. The van der Waals surface area contributed by atoms with E-state index in [0.717, 1.165) is 11.8 Å². The number of benzene rings is 1. The second-order valence-electron chi connectivity index (χ2n) is 4.46. The number of carbonyl (C=O) groups is 2. The van der Waals surface area contributed by atoms with Gasteiger partial charge in [0.05, 0.1) is 16.7 Å². The number of urea groups is 1. The summed E-state index contributed by atoms with van der Waals surface area (Å²) in [4.78, 5) is 39.0. The number of thioether (sulfide) groups is 1. The molecule has 7 nitrogen and oxygen atoms in total. The molecular formula is C14H13ClN4O3S. The molecule has 120 valence electrons. The van der Waals surface area contributed by atoms with E-state index >= 15 is 0 Å². The molecule has 2 rings (SSSR count). The summed E-state index contributed by atoms with van der Waals surface area (Å²) in [5.41, 5.74) is 5.05. The molecule has 1 aromatic heterocycles. The van der Waals surface area contributed by atoms with Crippen LogP contribution in [0.2, 0.25) is 5.02 Å². The summed E-state index contributed by atoms with van der Waals surface area (Å²) < 4.78 is 1.39. The molecule has 0 bridgehead atoms. The number of amides is 3. The van der Waals surface area contributed by atoms with E-state index in [2.05, 4.69) is 11.6 Å². The van der Waals surface area contributed by atoms with Crippen LogP contribution in [0.15, 0.2) is 40.8 Å². The van der Waals surface area contributed by atoms with E-state index < -0.39 is 11.9 Å². The number of halogens is 1. The van der Waals surface area contributed by atoms with Crippen molar-refractivity contribution in [3.63, 3.8) is 0 Å². The summed E-state index contributed by atoms with van der Waals surface area (Å²) in [5, 5.41) is 3.14. The Morgan fingerprint density at radius 2 is 2.22 bits per heavy atom. The van der Waals surface area contributed by atoms with E-state index in [1.165, 1.54) is 4.57 Å². The van der Waals surface area contributed by atoms with Crippen molar-refractivity contribution < 1.29 is 9.59 Å². The summed E-state index contributed by atoms with van der Waals surface area (Å²) in [5.74, 6) is -0.688. The molecule has 0 spiro atoms. The Bertz CT molecular complexity index is 850. The Hall–Kier alpha value is -2.32. The predicted octanol–water partition coefficient (Wildman–Crippen LogP) is 1.52. The maximum Gasteiger partial charge on any atom is 0.318 e. The highest BCUT2D eigenvalue weighted by atomic mass is 35.5. The molecule has 1 heterocycles. The molecule has 0 saturated heterocycles. The van der Waals surface area contributed by atoms with E-state index in [0.29, 0.717) is 21.1 Å². The van der Waals surface area contributed by atoms with Crippen LogP contribution in [0.4, 0.5) is 4.79 Å². The van der Waals surface area contributed by atoms with Crippen molar-refractivity contribution in [3.05, 3.63) is 46.2 Å². The van der Waals surface area contributed by atoms with Crippen LogP contribution in [0, 0.1) is 0 Å². The predicted molar refractivity (Wildman–Crippen MR) is 89.7 cm³/mol. The molecule has 0 atom stereocenters. The topological polar surface area (TPSA) is 107 Å². The minimum absolute atomic E-state index is 0.113. The maximum absolute atomic E-state index is 12.5. The van der Waals surface area contributed by atoms with Crippen LogP contribution in [0.5, 0.6) is 0 Å². The zero-order valence-electron chi connectivity index (χ0n) is 11.9. The lowest BCUT2D eigenvalue weighted by atomic mass is 10.2. The van der Waals surface area contributed by atoms with Crippen molar-refractivity contribution in [3.8, 4) is 0 Å². The minimum Gasteiger partial charge on any atom is -0.351 e. The third-order valence-corrected chi connectivity index (χ3v) is 4.00. The molecule has 9 heteroatoms. The van der Waals surface area contributed by atoms with Crippen LogP contribution in [0.1, 0.15) is 0 Å². The zero-order chi connectivity index (χ0) is 17.0. The van der Waals surface area contributed by atoms with Gasteiger partial charge in [-0.05, 0) is 18.2 Å². The number of imide groups is 1. The van der Waals surface area contributed by atoms with E-state index in [4.69, 9.17) is 17.3 Å². The van der Waals surface area contributed by atoms with Gasteiger partial charge in [-0.15, -0.1) is 6.58 Å². The van der Waals surface area contributed by atoms with Crippen molar-refractivity contribution in [2.45, 2.75) is 11.7 Å². The lowest BCUT2D eigenvalue weighted by Crippen LogP contribution is -2.36. The Balaban J connectivity index is 2.42.